The zero-order chi connectivity index (χ0) is 16.8. The van der Waals surface area contributed by atoms with Gasteiger partial charge in [0.15, 0.2) is 0 Å². The second-order valence-electron chi connectivity index (χ2n) is 6.73. The van der Waals surface area contributed by atoms with Crippen LogP contribution in [0.5, 0.6) is 0 Å². The Balaban J connectivity index is 2.88. The van der Waals surface area contributed by atoms with E-state index < -0.39 is 11.5 Å². The van der Waals surface area contributed by atoms with E-state index in [0.717, 1.165) is 19.3 Å². The van der Waals surface area contributed by atoms with Gasteiger partial charge in [-0.2, -0.15) is 0 Å². The third-order valence-corrected chi connectivity index (χ3v) is 3.82. The van der Waals surface area contributed by atoms with Gasteiger partial charge in [0.2, 0.25) is 0 Å². The van der Waals surface area contributed by atoms with E-state index >= 15 is 0 Å². The van der Waals surface area contributed by atoms with Crippen molar-refractivity contribution >= 4 is 12.1 Å². The number of carbonyl (C=O) groups excluding carboxylic acids is 2. The van der Waals surface area contributed by atoms with E-state index in [9.17, 15) is 9.59 Å². The van der Waals surface area contributed by atoms with Crippen LogP contribution in [-0.4, -0.2) is 54.0 Å². The molecule has 0 bridgehead atoms. The first-order valence-corrected chi connectivity index (χ1v) is 7.98. The zero-order valence-electron chi connectivity index (χ0n) is 14.1. The molecule has 6 nitrogen and oxygen atoms in total. The van der Waals surface area contributed by atoms with Crippen LogP contribution in [-0.2, 0) is 14.3 Å². The number of ether oxygens (including phenoxy) is 2. The van der Waals surface area contributed by atoms with Gasteiger partial charge < -0.3 is 19.5 Å². The number of nitrogens with zero attached hydrogens (tertiary/aromatic N) is 1. The smallest absolute Gasteiger partial charge is 0.410 e. The van der Waals surface area contributed by atoms with E-state index in [1.54, 1.807) is 4.90 Å². The van der Waals surface area contributed by atoms with Crippen molar-refractivity contribution in [1.29, 1.82) is 0 Å². The average molecular weight is 315 g/mol. The molecule has 1 amide bonds. The number of piperidine rings is 1. The fraction of sp³-hybridized carbons (Fsp3) is 0.875. The quantitative estimate of drug-likeness (QED) is 0.788. The molecule has 0 aromatic heterocycles. The largest absolute Gasteiger partial charge is 0.469 e. The number of aliphatic hydroxyl groups is 1. The van der Waals surface area contributed by atoms with E-state index in [1.807, 2.05) is 20.8 Å². The highest BCUT2D eigenvalue weighted by Gasteiger charge is 2.38. The molecule has 6 heteroatoms. The topological polar surface area (TPSA) is 76.1 Å². The lowest BCUT2D eigenvalue weighted by molar-refractivity contribution is -0.148. The number of rotatable bonds is 5. The van der Waals surface area contributed by atoms with Crippen LogP contribution < -0.4 is 0 Å². The molecule has 0 aliphatic carbocycles. The van der Waals surface area contributed by atoms with Gasteiger partial charge in [0.05, 0.1) is 13.0 Å². The summed E-state index contributed by atoms with van der Waals surface area (Å²) in [6.45, 7) is 6.09. The first-order valence-electron chi connectivity index (χ1n) is 7.98. The Hall–Kier alpha value is -1.30. The molecule has 1 heterocycles. The molecule has 128 valence electrons. The summed E-state index contributed by atoms with van der Waals surface area (Å²) in [5.74, 6) is -0.737. The normalized spacial score (nSPS) is 20.4. The summed E-state index contributed by atoms with van der Waals surface area (Å²) in [5, 5.41) is 9.04. The highest BCUT2D eigenvalue weighted by atomic mass is 16.6. The minimum absolute atomic E-state index is 0.0205. The van der Waals surface area contributed by atoms with Crippen LogP contribution in [0.25, 0.3) is 0 Å². The predicted molar refractivity (Wildman–Crippen MR) is 82.4 cm³/mol. The molecule has 0 radical (unpaired) electrons. The average Bonchev–Trinajstić information content (AvgIpc) is 2.46. The first-order chi connectivity index (χ1) is 10.3. The maximum absolute atomic E-state index is 12.4. The van der Waals surface area contributed by atoms with Gasteiger partial charge in [-0.25, -0.2) is 4.79 Å². The minimum Gasteiger partial charge on any atom is -0.469 e. The van der Waals surface area contributed by atoms with Gasteiger partial charge in [-0.05, 0) is 52.9 Å². The maximum atomic E-state index is 12.4. The molecular weight excluding hydrogens is 286 g/mol. The Morgan fingerprint density at radius 1 is 1.32 bits per heavy atom. The van der Waals surface area contributed by atoms with Crippen molar-refractivity contribution in [2.75, 3.05) is 20.3 Å². The van der Waals surface area contributed by atoms with Crippen LogP contribution in [0.2, 0.25) is 0 Å². The molecule has 2 atom stereocenters. The van der Waals surface area contributed by atoms with Crippen LogP contribution in [0.3, 0.4) is 0 Å². The van der Waals surface area contributed by atoms with Crippen molar-refractivity contribution in [2.45, 2.75) is 64.5 Å². The SMILES string of the molecule is COC(=O)[C@@H](CCCO)[C@@H]1CCCCN1C(=O)OC(C)(C)C. The van der Waals surface area contributed by atoms with E-state index in [-0.39, 0.29) is 24.7 Å². The maximum Gasteiger partial charge on any atom is 0.410 e. The van der Waals surface area contributed by atoms with Crippen LogP contribution in [0.4, 0.5) is 4.79 Å². The Morgan fingerprint density at radius 2 is 2.00 bits per heavy atom. The summed E-state index contributed by atoms with van der Waals surface area (Å²) in [7, 11) is 1.36. The Kier molecular flexibility index (Phi) is 7.13. The molecule has 0 spiro atoms. The number of esters is 1. The highest BCUT2D eigenvalue weighted by molar-refractivity contribution is 5.75. The van der Waals surface area contributed by atoms with Gasteiger partial charge in [-0.15, -0.1) is 0 Å². The van der Waals surface area contributed by atoms with Crippen LogP contribution in [0.1, 0.15) is 52.9 Å². The number of hydrogen-bond acceptors (Lipinski definition) is 5. The molecule has 1 fully saturated rings. The van der Waals surface area contributed by atoms with Gasteiger partial charge in [-0.1, -0.05) is 0 Å². The number of aliphatic hydroxyl groups excluding tert-OH is 1. The minimum atomic E-state index is -0.565. The molecule has 0 aromatic carbocycles. The standard InChI is InChI=1S/C16H29NO5/c1-16(2,3)22-15(20)17-10-6-5-9-13(17)12(8-7-11-18)14(19)21-4/h12-13,18H,5-11H2,1-4H3/t12-,13-/m0/s1. The van der Waals surface area contributed by atoms with Crippen LogP contribution in [0, 0.1) is 5.92 Å². The second kappa shape index (κ2) is 8.36. The summed E-state index contributed by atoms with van der Waals surface area (Å²) in [4.78, 5) is 26.2. The molecular formula is C16H29NO5. The number of methoxy groups -OCH3 is 1. The van der Waals surface area contributed by atoms with Crippen molar-refractivity contribution in [1.82, 2.24) is 4.90 Å². The Morgan fingerprint density at radius 3 is 2.55 bits per heavy atom. The third-order valence-electron chi connectivity index (χ3n) is 3.82. The molecule has 22 heavy (non-hydrogen) atoms. The lowest BCUT2D eigenvalue weighted by Gasteiger charge is -2.39. The van der Waals surface area contributed by atoms with E-state index in [1.165, 1.54) is 7.11 Å². The third kappa shape index (κ3) is 5.48. The summed E-state index contributed by atoms with van der Waals surface area (Å²) in [6.07, 6.45) is 3.27. The van der Waals surface area contributed by atoms with Crippen LogP contribution in [0.15, 0.2) is 0 Å². The Bertz CT molecular complexity index is 377. The second-order valence-corrected chi connectivity index (χ2v) is 6.73. The molecule has 1 rings (SSSR count). The van der Waals surface area contributed by atoms with Crippen molar-refractivity contribution < 1.29 is 24.2 Å². The van der Waals surface area contributed by atoms with Crippen molar-refractivity contribution in [2.24, 2.45) is 5.92 Å². The zero-order valence-corrected chi connectivity index (χ0v) is 14.1. The summed E-state index contributed by atoms with van der Waals surface area (Å²) < 4.78 is 10.4. The van der Waals surface area contributed by atoms with E-state index in [0.29, 0.717) is 19.4 Å². The lowest BCUT2D eigenvalue weighted by Crippen LogP contribution is -2.51. The molecule has 0 aromatic rings. The van der Waals surface area contributed by atoms with Gasteiger partial charge in [-0.3, -0.25) is 4.79 Å². The molecule has 1 saturated heterocycles. The predicted octanol–water partition coefficient (Wildman–Crippen LogP) is 2.34. The van der Waals surface area contributed by atoms with Gasteiger partial charge in [0, 0.05) is 19.2 Å². The molecule has 1 N–H and O–H groups in total. The molecule has 0 unspecified atom stereocenters. The molecule has 0 saturated carbocycles. The van der Waals surface area contributed by atoms with Gasteiger partial charge >= 0.3 is 12.1 Å². The fourth-order valence-electron chi connectivity index (χ4n) is 2.85. The number of hydrogen-bond donors (Lipinski definition) is 1. The number of likely N-dealkylation sites (tertiary alicyclic amines) is 1. The summed E-state index contributed by atoms with van der Waals surface area (Å²) in [5.41, 5.74) is -0.565. The van der Waals surface area contributed by atoms with E-state index in [4.69, 9.17) is 14.6 Å². The first kappa shape index (κ1) is 18.7. The van der Waals surface area contributed by atoms with Gasteiger partial charge in [0.1, 0.15) is 5.60 Å². The van der Waals surface area contributed by atoms with Crippen molar-refractivity contribution in [3.05, 3.63) is 0 Å². The van der Waals surface area contributed by atoms with Crippen LogP contribution >= 0.6 is 0 Å². The molecule has 1 aliphatic rings. The summed E-state index contributed by atoms with van der Waals surface area (Å²) >= 11 is 0. The van der Waals surface area contributed by atoms with Crippen molar-refractivity contribution in [3.63, 3.8) is 0 Å². The van der Waals surface area contributed by atoms with E-state index in [2.05, 4.69) is 0 Å². The molecule has 1 aliphatic heterocycles. The fourth-order valence-corrected chi connectivity index (χ4v) is 2.85. The number of carbonyl (C=O) groups is 2. The monoisotopic (exact) mass is 315 g/mol. The van der Waals surface area contributed by atoms with Gasteiger partial charge in [0.25, 0.3) is 0 Å². The summed E-state index contributed by atoms with van der Waals surface area (Å²) in [6, 6.07) is -0.220. The highest BCUT2D eigenvalue weighted by Crippen LogP contribution is 2.28. The number of amides is 1. The Labute approximate surface area is 132 Å². The van der Waals surface area contributed by atoms with Crippen molar-refractivity contribution in [3.8, 4) is 0 Å². The lowest BCUT2D eigenvalue weighted by atomic mass is 9.87.